The number of fused-ring (bicyclic) bond motifs is 6. The van der Waals surface area contributed by atoms with Gasteiger partial charge in [0.2, 0.25) is 5.91 Å². The maximum atomic E-state index is 16.2. The van der Waals surface area contributed by atoms with Crippen LogP contribution in [0.5, 0.6) is 0 Å². The Bertz CT molecular complexity index is 2300. The molecule has 4 fully saturated rings. The second-order valence-electron chi connectivity index (χ2n) is 16.9. The van der Waals surface area contributed by atoms with Crippen LogP contribution in [-0.4, -0.2) is 89.0 Å². The summed E-state index contributed by atoms with van der Waals surface area (Å²) in [6.45, 7) is 4.10. The number of amides is 2. The number of carbonyl (C=O) groups is 4. The van der Waals surface area contributed by atoms with Crippen molar-refractivity contribution in [3.05, 3.63) is 77.1 Å². The van der Waals surface area contributed by atoms with E-state index in [0.29, 0.717) is 39.1 Å². The first kappa shape index (κ1) is 36.5. The average molecular weight is 766 g/mol. The Balaban J connectivity index is 0.937. The van der Waals surface area contributed by atoms with Gasteiger partial charge < -0.3 is 24.7 Å². The highest BCUT2D eigenvalue weighted by Gasteiger charge is 2.54. The van der Waals surface area contributed by atoms with Crippen molar-refractivity contribution in [3.8, 4) is 22.3 Å². The predicted molar refractivity (Wildman–Crippen MR) is 203 cm³/mol. The molecule has 0 unspecified atom stereocenters. The Morgan fingerprint density at radius 2 is 1.70 bits per heavy atom. The van der Waals surface area contributed by atoms with E-state index in [4.69, 9.17) is 14.5 Å². The van der Waals surface area contributed by atoms with E-state index in [1.54, 1.807) is 12.1 Å². The number of benzene rings is 3. The first-order chi connectivity index (χ1) is 26.8. The third-order valence-corrected chi connectivity index (χ3v) is 13.0. The number of esters is 1. The van der Waals surface area contributed by atoms with Crippen LogP contribution < -0.4 is 5.32 Å². The zero-order chi connectivity index (χ0) is 39.3. The van der Waals surface area contributed by atoms with Crippen LogP contribution in [0.3, 0.4) is 0 Å². The van der Waals surface area contributed by atoms with E-state index in [-0.39, 0.29) is 51.9 Å². The zero-order valence-corrected chi connectivity index (χ0v) is 31.9. The minimum absolute atomic E-state index is 0.0460. The van der Waals surface area contributed by atoms with Gasteiger partial charge in [0.1, 0.15) is 17.9 Å². The molecule has 2 amide bonds. The topological polar surface area (TPSA) is 134 Å². The quantitative estimate of drug-likeness (QED) is 0.138. The van der Waals surface area contributed by atoms with Crippen molar-refractivity contribution in [1.82, 2.24) is 25.1 Å². The second-order valence-corrected chi connectivity index (χ2v) is 16.9. The summed E-state index contributed by atoms with van der Waals surface area (Å²) < 4.78 is 42.7. The van der Waals surface area contributed by atoms with Crippen molar-refractivity contribution in [2.75, 3.05) is 27.3 Å². The highest BCUT2D eigenvalue weighted by molar-refractivity contribution is 5.99. The summed E-state index contributed by atoms with van der Waals surface area (Å²) in [6, 6.07) is 13.5. The van der Waals surface area contributed by atoms with Gasteiger partial charge in [-0.25, -0.2) is 9.78 Å². The molecule has 3 heterocycles. The number of methoxy groups -OCH3 is 1. The number of Topliss-reactive ketones (excluding diaryl/α,β-unsaturated/α-hetero) is 1. The smallest absolute Gasteiger partial charge is 0.407 e. The number of nitrogens with one attached hydrogen (secondary N) is 2. The number of piperidine rings is 1. The lowest BCUT2D eigenvalue weighted by molar-refractivity contribution is -0.147. The molecule has 13 heteroatoms. The summed E-state index contributed by atoms with van der Waals surface area (Å²) in [6.07, 6.45) is 4.96. The third-order valence-electron chi connectivity index (χ3n) is 13.0. The van der Waals surface area contributed by atoms with Crippen molar-refractivity contribution >= 4 is 34.8 Å². The zero-order valence-electron chi connectivity index (χ0n) is 31.9. The van der Waals surface area contributed by atoms with E-state index in [0.717, 1.165) is 45.1 Å². The number of nitrogens with zero attached hydrogens (tertiary/aromatic N) is 3. The second kappa shape index (κ2) is 13.2. The molecule has 5 aliphatic rings. The number of imidazole rings is 1. The van der Waals surface area contributed by atoms with Gasteiger partial charge in [-0.15, -0.1) is 0 Å². The molecule has 2 N–H and O–H groups in total. The van der Waals surface area contributed by atoms with E-state index in [2.05, 4.69) is 10.3 Å². The molecule has 3 aromatic carbocycles. The van der Waals surface area contributed by atoms with Gasteiger partial charge >= 0.3 is 12.1 Å². The average Bonchev–Trinajstić information content (AvgIpc) is 3.62. The fourth-order valence-electron chi connectivity index (χ4n) is 9.83. The Kier molecular flexibility index (Phi) is 8.60. The van der Waals surface area contributed by atoms with Crippen LogP contribution in [0.2, 0.25) is 0 Å². The number of likely N-dealkylation sites (tertiary alicyclic amines) is 2. The molecule has 0 radical (unpaired) electrons. The number of alkyl carbamates (subject to hydrolysis) is 1. The van der Waals surface area contributed by atoms with Crippen LogP contribution in [0.4, 0.5) is 13.6 Å². The van der Waals surface area contributed by atoms with Crippen LogP contribution in [0.1, 0.15) is 85.7 Å². The summed E-state index contributed by atoms with van der Waals surface area (Å²) in [5, 5.41) is 2.72. The molecule has 3 aliphatic carbocycles. The van der Waals surface area contributed by atoms with Crippen LogP contribution in [0.25, 0.3) is 33.3 Å². The molecule has 2 aliphatic heterocycles. The predicted octanol–water partition coefficient (Wildman–Crippen LogP) is 6.99. The molecular weight excluding hydrogens is 720 g/mol. The van der Waals surface area contributed by atoms with Crippen LogP contribution >= 0.6 is 0 Å². The lowest BCUT2D eigenvalue weighted by Crippen LogP contribution is -2.54. The van der Waals surface area contributed by atoms with Crippen LogP contribution in [-0.2, 0) is 25.0 Å². The summed E-state index contributed by atoms with van der Waals surface area (Å²) in [4.78, 5) is 64.2. The SMILES string of the molecule is COC(=O)N[C@H](C(=O)N1[C@@H]2CC[C@@H](C2)[C@H]1c1nc2ccc(-c3ccc4c(c3)C(F)(F)c3cc(C(=O)COC(=O)[C@@H]5CC6(CC6)CN5C)ccc3-4)cc2[nH]1)C(C)C. The lowest BCUT2D eigenvalue weighted by atomic mass is 9.95. The molecular formula is C43H45F2N5O6. The van der Waals surface area contributed by atoms with E-state index >= 15 is 8.78 Å². The van der Waals surface area contributed by atoms with Crippen molar-refractivity contribution in [2.24, 2.45) is 17.3 Å². The highest BCUT2D eigenvalue weighted by Crippen LogP contribution is 2.55. The van der Waals surface area contributed by atoms with Gasteiger partial charge in [-0.2, -0.15) is 8.78 Å². The summed E-state index contributed by atoms with van der Waals surface area (Å²) in [5.41, 5.74) is 3.31. The Morgan fingerprint density at radius 3 is 2.41 bits per heavy atom. The first-order valence-corrected chi connectivity index (χ1v) is 19.5. The van der Waals surface area contributed by atoms with Gasteiger partial charge in [0, 0.05) is 29.3 Å². The van der Waals surface area contributed by atoms with Crippen molar-refractivity contribution in [3.63, 3.8) is 0 Å². The maximum Gasteiger partial charge on any atom is 0.407 e. The molecule has 9 rings (SSSR count). The number of hydrogen-bond acceptors (Lipinski definition) is 8. The first-order valence-electron chi connectivity index (χ1n) is 19.5. The van der Waals surface area contributed by atoms with Gasteiger partial charge in [0.15, 0.2) is 12.4 Å². The molecule has 292 valence electrons. The molecule has 1 aromatic heterocycles. The molecule has 56 heavy (non-hydrogen) atoms. The minimum Gasteiger partial charge on any atom is -0.456 e. The Morgan fingerprint density at radius 1 is 0.982 bits per heavy atom. The fourth-order valence-corrected chi connectivity index (χ4v) is 9.83. The molecule has 1 spiro atoms. The standard InChI is InChI=1S/C43H45F2N5O6/c1-22(2)36(48-41(54)55-4)39(52)50-27-9-5-26(15-27)37(50)38-46-32-12-8-24(18-33(32)47-38)23-6-10-28-29-11-7-25(17-31(29)43(44,45)30(28)16-23)35(51)20-56-40(53)34-19-42(13-14-42)21-49(34)3/h6-8,10-12,16-18,22,26-27,34,36-37H,5,9,13-15,19-21H2,1-4H3,(H,46,47)(H,48,54)/t26-,27+,34-,36-,37-/m0/s1. The van der Waals surface area contributed by atoms with Gasteiger partial charge in [-0.05, 0) is 109 Å². The van der Waals surface area contributed by atoms with Crippen LogP contribution in [0.15, 0.2) is 54.6 Å². The van der Waals surface area contributed by atoms with E-state index in [9.17, 15) is 19.2 Å². The van der Waals surface area contributed by atoms with Crippen molar-refractivity contribution in [2.45, 2.75) is 82.5 Å². The lowest BCUT2D eigenvalue weighted by Gasteiger charge is -2.37. The number of ether oxygens (including phenoxy) is 2. The number of aromatic nitrogens is 2. The molecule has 4 aromatic rings. The monoisotopic (exact) mass is 765 g/mol. The molecule has 11 nitrogen and oxygen atoms in total. The van der Waals surface area contributed by atoms with Gasteiger partial charge in [0.25, 0.3) is 5.92 Å². The number of carbonyl (C=O) groups excluding carboxylic acids is 4. The number of hydrogen-bond donors (Lipinski definition) is 2. The summed E-state index contributed by atoms with van der Waals surface area (Å²) >= 11 is 0. The molecule has 5 atom stereocenters. The van der Waals surface area contributed by atoms with Crippen molar-refractivity contribution < 1.29 is 37.4 Å². The minimum atomic E-state index is -3.36. The molecule has 2 bridgehead atoms. The Labute approximate surface area is 323 Å². The van der Waals surface area contributed by atoms with Crippen molar-refractivity contribution in [1.29, 1.82) is 0 Å². The highest BCUT2D eigenvalue weighted by atomic mass is 19.3. The number of aromatic amines is 1. The summed E-state index contributed by atoms with van der Waals surface area (Å²) in [5.74, 6) is -3.79. The number of H-pyrrole nitrogens is 1. The van der Waals surface area contributed by atoms with E-state index in [1.165, 1.54) is 25.3 Å². The maximum absolute atomic E-state index is 16.2. The van der Waals surface area contributed by atoms with E-state index in [1.807, 2.05) is 55.0 Å². The number of alkyl halides is 2. The fraction of sp³-hybridized carbons (Fsp3) is 0.465. The molecule has 2 saturated heterocycles. The number of rotatable bonds is 9. The van der Waals surface area contributed by atoms with Gasteiger partial charge in [0.05, 0.1) is 24.2 Å². The normalized spacial score (nSPS) is 24.4. The number of ketones is 1. The largest absolute Gasteiger partial charge is 0.456 e. The van der Waals surface area contributed by atoms with E-state index < -0.39 is 42.5 Å². The Hall–Kier alpha value is -5.17. The van der Waals surface area contributed by atoms with Gasteiger partial charge in [-0.3, -0.25) is 19.3 Å². The number of likely N-dealkylation sites (N-methyl/N-ethyl adjacent to an activating group) is 1. The number of halogens is 2. The van der Waals surface area contributed by atoms with Crippen LogP contribution in [0, 0.1) is 17.3 Å². The third kappa shape index (κ3) is 5.97. The molecule has 2 saturated carbocycles. The summed E-state index contributed by atoms with van der Waals surface area (Å²) in [7, 11) is 3.16. The van der Waals surface area contributed by atoms with Gasteiger partial charge in [-0.1, -0.05) is 44.2 Å².